The average Bonchev–Trinajstić information content (AvgIpc) is 2.26. The van der Waals surface area contributed by atoms with Gasteiger partial charge in [0.2, 0.25) is 0 Å². The molecule has 0 amide bonds. The number of benzene rings is 1. The van der Waals surface area contributed by atoms with Crippen LogP contribution in [0.3, 0.4) is 0 Å². The van der Waals surface area contributed by atoms with Crippen LogP contribution in [0.1, 0.15) is 12.0 Å². The van der Waals surface area contributed by atoms with Crippen LogP contribution in [0.2, 0.25) is 0 Å². The molecule has 3 rings (SSSR count). The Hall–Kier alpha value is -1.90. The van der Waals surface area contributed by atoms with Crippen molar-refractivity contribution in [2.75, 3.05) is 11.1 Å². The van der Waals surface area contributed by atoms with Crippen molar-refractivity contribution < 1.29 is 0 Å². The fraction of sp³-hybridized carbons (Fsp3) is 0.231. The van der Waals surface area contributed by atoms with Crippen LogP contribution in [0, 0.1) is 0 Å². The number of nitrogen functional groups attached to an aromatic ring is 1. The van der Waals surface area contributed by atoms with Crippen molar-refractivity contribution in [3.8, 4) is 0 Å². The zero-order valence-corrected chi connectivity index (χ0v) is 9.03. The zero-order chi connectivity index (χ0) is 11.1. The van der Waals surface area contributed by atoms with E-state index in [2.05, 4.69) is 23.5 Å². The van der Waals surface area contributed by atoms with Gasteiger partial charge in [0, 0.05) is 23.5 Å². The summed E-state index contributed by atoms with van der Waals surface area (Å²) in [6.45, 7) is 0. The van der Waals surface area contributed by atoms with Gasteiger partial charge in [-0.2, -0.15) is 0 Å². The maximum atomic E-state index is 5.84. The molecular formula is C13H15N3. The van der Waals surface area contributed by atoms with Crippen LogP contribution in [-0.2, 0) is 6.42 Å². The Morgan fingerprint density at radius 2 is 2.12 bits per heavy atom. The molecule has 0 spiro atoms. The lowest BCUT2D eigenvalue weighted by atomic mass is 9.88. The molecule has 1 aromatic carbocycles. The number of rotatable bonds is 0. The van der Waals surface area contributed by atoms with E-state index in [4.69, 9.17) is 11.5 Å². The smallest absolute Gasteiger partial charge is 0.0680 e. The molecule has 1 heterocycles. The normalized spacial score (nSPS) is 22.4. The molecule has 5 N–H and O–H groups in total. The molecule has 1 atom stereocenters. The standard InChI is InChI=1S/C13H15N3/c14-10-3-1-8-5-9-2-4-11(15)7-13(9)16-12(8)6-10/h1-3,6-7,13,16H,4-5,14-15H2. The van der Waals surface area contributed by atoms with Gasteiger partial charge < -0.3 is 16.8 Å². The van der Waals surface area contributed by atoms with Crippen molar-refractivity contribution in [3.05, 3.63) is 47.2 Å². The first-order valence-electron chi connectivity index (χ1n) is 5.52. The van der Waals surface area contributed by atoms with Gasteiger partial charge in [-0.25, -0.2) is 0 Å². The van der Waals surface area contributed by atoms with Crippen LogP contribution >= 0.6 is 0 Å². The molecule has 3 heteroatoms. The first-order valence-corrected chi connectivity index (χ1v) is 5.52. The number of nitrogens with one attached hydrogen (secondary N) is 1. The molecule has 0 saturated carbocycles. The van der Waals surface area contributed by atoms with Gasteiger partial charge in [-0.1, -0.05) is 12.1 Å². The Bertz CT molecular complexity index is 500. The Kier molecular flexibility index (Phi) is 1.93. The van der Waals surface area contributed by atoms with E-state index in [0.717, 1.165) is 29.9 Å². The number of hydrogen-bond acceptors (Lipinski definition) is 3. The van der Waals surface area contributed by atoms with Gasteiger partial charge in [-0.3, -0.25) is 0 Å². The molecule has 1 aliphatic heterocycles. The van der Waals surface area contributed by atoms with Crippen LogP contribution in [0.4, 0.5) is 11.4 Å². The van der Waals surface area contributed by atoms with Gasteiger partial charge in [-0.05, 0) is 35.8 Å². The van der Waals surface area contributed by atoms with Crippen molar-refractivity contribution in [3.63, 3.8) is 0 Å². The van der Waals surface area contributed by atoms with Gasteiger partial charge >= 0.3 is 0 Å². The zero-order valence-electron chi connectivity index (χ0n) is 9.03. The Labute approximate surface area is 94.8 Å². The Balaban J connectivity index is 2.01. The quantitative estimate of drug-likeness (QED) is 0.454. The molecule has 16 heavy (non-hydrogen) atoms. The van der Waals surface area contributed by atoms with Crippen LogP contribution in [0.5, 0.6) is 0 Å². The third-order valence-corrected chi connectivity index (χ3v) is 3.22. The topological polar surface area (TPSA) is 64.1 Å². The molecule has 0 fully saturated rings. The lowest BCUT2D eigenvalue weighted by molar-refractivity contribution is 0.860. The SMILES string of the molecule is NC1=CC2Nc3cc(N)ccc3CC2=CC1. The maximum Gasteiger partial charge on any atom is 0.0680 e. The van der Waals surface area contributed by atoms with E-state index < -0.39 is 0 Å². The van der Waals surface area contributed by atoms with Gasteiger partial charge in [-0.15, -0.1) is 0 Å². The van der Waals surface area contributed by atoms with E-state index >= 15 is 0 Å². The molecule has 2 aliphatic rings. The van der Waals surface area contributed by atoms with Crippen LogP contribution in [0.15, 0.2) is 41.6 Å². The van der Waals surface area contributed by atoms with Crippen molar-refractivity contribution in [1.82, 2.24) is 0 Å². The first-order chi connectivity index (χ1) is 7.72. The molecule has 0 radical (unpaired) electrons. The summed E-state index contributed by atoms with van der Waals surface area (Å²) >= 11 is 0. The van der Waals surface area contributed by atoms with E-state index in [9.17, 15) is 0 Å². The Morgan fingerprint density at radius 1 is 1.25 bits per heavy atom. The highest BCUT2D eigenvalue weighted by Gasteiger charge is 2.22. The molecule has 1 aliphatic carbocycles. The highest BCUT2D eigenvalue weighted by atomic mass is 14.9. The van der Waals surface area contributed by atoms with Crippen LogP contribution in [0.25, 0.3) is 0 Å². The predicted molar refractivity (Wildman–Crippen MR) is 66.9 cm³/mol. The van der Waals surface area contributed by atoms with E-state index in [1.807, 2.05) is 12.1 Å². The number of allylic oxidation sites excluding steroid dienone is 1. The monoisotopic (exact) mass is 213 g/mol. The van der Waals surface area contributed by atoms with Crippen molar-refractivity contribution in [1.29, 1.82) is 0 Å². The molecular weight excluding hydrogens is 198 g/mol. The lowest BCUT2D eigenvalue weighted by Gasteiger charge is -2.30. The van der Waals surface area contributed by atoms with Crippen LogP contribution < -0.4 is 16.8 Å². The number of anilines is 2. The highest BCUT2D eigenvalue weighted by Crippen LogP contribution is 2.32. The minimum absolute atomic E-state index is 0.253. The summed E-state index contributed by atoms with van der Waals surface area (Å²) in [5, 5.41) is 3.47. The third kappa shape index (κ3) is 1.45. The lowest BCUT2D eigenvalue weighted by Crippen LogP contribution is -2.29. The van der Waals surface area contributed by atoms with Crippen LogP contribution in [-0.4, -0.2) is 6.04 Å². The second-order valence-corrected chi connectivity index (χ2v) is 4.44. The minimum Gasteiger partial charge on any atom is -0.402 e. The van der Waals surface area contributed by atoms with E-state index in [0.29, 0.717) is 0 Å². The van der Waals surface area contributed by atoms with Crippen molar-refractivity contribution in [2.24, 2.45) is 5.73 Å². The summed E-state index contributed by atoms with van der Waals surface area (Å²) in [6, 6.07) is 6.29. The summed E-state index contributed by atoms with van der Waals surface area (Å²) in [6.07, 6.45) is 6.20. The highest BCUT2D eigenvalue weighted by molar-refractivity contribution is 5.65. The summed E-state index contributed by atoms with van der Waals surface area (Å²) < 4.78 is 0. The number of nitrogens with two attached hydrogens (primary N) is 2. The molecule has 0 bridgehead atoms. The average molecular weight is 213 g/mol. The van der Waals surface area contributed by atoms with Crippen molar-refractivity contribution >= 4 is 11.4 Å². The second kappa shape index (κ2) is 3.30. The summed E-state index contributed by atoms with van der Waals surface area (Å²) in [4.78, 5) is 0. The van der Waals surface area contributed by atoms with Gasteiger partial charge in [0.1, 0.15) is 0 Å². The number of hydrogen-bond donors (Lipinski definition) is 3. The minimum atomic E-state index is 0.253. The maximum absolute atomic E-state index is 5.84. The summed E-state index contributed by atoms with van der Waals surface area (Å²) in [5.74, 6) is 0. The molecule has 1 aromatic rings. The molecule has 82 valence electrons. The van der Waals surface area contributed by atoms with E-state index in [1.165, 1.54) is 11.1 Å². The van der Waals surface area contributed by atoms with E-state index in [1.54, 1.807) is 0 Å². The molecule has 3 nitrogen and oxygen atoms in total. The summed E-state index contributed by atoms with van der Waals surface area (Å²) in [5.41, 5.74) is 17.2. The van der Waals surface area contributed by atoms with Gasteiger partial charge in [0.05, 0.1) is 6.04 Å². The second-order valence-electron chi connectivity index (χ2n) is 4.44. The third-order valence-electron chi connectivity index (χ3n) is 3.22. The van der Waals surface area contributed by atoms with Crippen molar-refractivity contribution in [2.45, 2.75) is 18.9 Å². The van der Waals surface area contributed by atoms with Gasteiger partial charge in [0.25, 0.3) is 0 Å². The predicted octanol–water partition coefficient (Wildman–Crippen LogP) is 1.78. The molecule has 1 unspecified atom stereocenters. The molecule has 0 saturated heterocycles. The fourth-order valence-electron chi connectivity index (χ4n) is 2.35. The largest absolute Gasteiger partial charge is 0.402 e. The van der Waals surface area contributed by atoms with Gasteiger partial charge in [0.15, 0.2) is 0 Å². The summed E-state index contributed by atoms with van der Waals surface area (Å²) in [7, 11) is 0. The fourth-order valence-corrected chi connectivity index (χ4v) is 2.35. The van der Waals surface area contributed by atoms with E-state index in [-0.39, 0.29) is 6.04 Å². The number of fused-ring (bicyclic) bond motifs is 2. The molecule has 0 aromatic heterocycles. The first kappa shape index (κ1) is 9.33. The Morgan fingerprint density at radius 3 is 3.00 bits per heavy atom.